The summed E-state index contributed by atoms with van der Waals surface area (Å²) in [5.41, 5.74) is 1.06. The number of nitrogens with zero attached hydrogens (tertiary/aromatic N) is 2. The van der Waals surface area contributed by atoms with Crippen molar-refractivity contribution in [3.8, 4) is 0 Å². The molecule has 1 N–H and O–H groups in total. The van der Waals surface area contributed by atoms with Gasteiger partial charge in [-0.3, -0.25) is 0 Å². The zero-order valence-corrected chi connectivity index (χ0v) is 10.2. The van der Waals surface area contributed by atoms with Crippen molar-refractivity contribution >= 4 is 28.9 Å². The lowest BCUT2D eigenvalue weighted by Crippen LogP contribution is -1.91. The van der Waals surface area contributed by atoms with Gasteiger partial charge in [0, 0.05) is 18.1 Å². The number of rotatable bonds is 3. The molecular weight excluding hydrogens is 226 g/mol. The van der Waals surface area contributed by atoms with Crippen molar-refractivity contribution < 1.29 is 0 Å². The summed E-state index contributed by atoms with van der Waals surface area (Å²) in [6, 6.07) is 5.92. The van der Waals surface area contributed by atoms with E-state index in [0.29, 0.717) is 0 Å². The van der Waals surface area contributed by atoms with E-state index in [2.05, 4.69) is 15.3 Å². The Hall–Kier alpha value is -1.07. The molecule has 0 bridgehead atoms. The van der Waals surface area contributed by atoms with E-state index in [-0.39, 0.29) is 0 Å². The number of aryl methyl sites for hydroxylation is 1. The molecule has 0 amide bonds. The largest absolute Gasteiger partial charge is 0.373 e. The van der Waals surface area contributed by atoms with Crippen molar-refractivity contribution in [2.75, 3.05) is 12.4 Å². The van der Waals surface area contributed by atoms with Gasteiger partial charge in [0.1, 0.15) is 10.8 Å². The van der Waals surface area contributed by atoms with E-state index in [4.69, 9.17) is 0 Å². The van der Waals surface area contributed by atoms with Gasteiger partial charge in [0.15, 0.2) is 4.34 Å². The van der Waals surface area contributed by atoms with E-state index >= 15 is 0 Å². The van der Waals surface area contributed by atoms with Gasteiger partial charge >= 0.3 is 0 Å². The van der Waals surface area contributed by atoms with Crippen LogP contribution in [0.1, 0.15) is 5.69 Å². The molecule has 0 radical (unpaired) electrons. The van der Waals surface area contributed by atoms with Crippen LogP contribution in [-0.2, 0) is 0 Å². The summed E-state index contributed by atoms with van der Waals surface area (Å²) >= 11 is 3.24. The standard InChI is InChI=1S/C10H11N3S2/c1-7-6-14-10(12-7)15-9-5-3-4-8(11-2)13-9/h3-6H,1-2H3,(H,11,13). The minimum atomic E-state index is 0.883. The number of hydrogen-bond donors (Lipinski definition) is 1. The predicted octanol–water partition coefficient (Wildman–Crippen LogP) is 3.04. The van der Waals surface area contributed by atoms with Crippen LogP contribution in [0.25, 0.3) is 0 Å². The van der Waals surface area contributed by atoms with Gasteiger partial charge in [-0.05, 0) is 30.8 Å². The minimum Gasteiger partial charge on any atom is -0.373 e. The minimum absolute atomic E-state index is 0.883. The summed E-state index contributed by atoms with van der Waals surface area (Å²) in [4.78, 5) is 8.80. The van der Waals surface area contributed by atoms with Gasteiger partial charge in [0.25, 0.3) is 0 Å². The molecule has 0 fully saturated rings. The number of aromatic nitrogens is 2. The summed E-state index contributed by atoms with van der Waals surface area (Å²) in [6.45, 7) is 2.00. The second kappa shape index (κ2) is 4.63. The maximum atomic E-state index is 4.41. The van der Waals surface area contributed by atoms with Gasteiger partial charge in [0.05, 0.1) is 0 Å². The lowest BCUT2D eigenvalue weighted by Gasteiger charge is -2.00. The highest BCUT2D eigenvalue weighted by molar-refractivity contribution is 8.01. The lowest BCUT2D eigenvalue weighted by molar-refractivity contribution is 1.11. The number of anilines is 1. The highest BCUT2D eigenvalue weighted by Gasteiger charge is 2.03. The molecule has 0 aliphatic carbocycles. The predicted molar refractivity (Wildman–Crippen MR) is 64.8 cm³/mol. The topological polar surface area (TPSA) is 37.8 Å². The quantitative estimate of drug-likeness (QED) is 0.890. The number of thiazole rings is 1. The van der Waals surface area contributed by atoms with Crippen LogP contribution in [0.4, 0.5) is 5.82 Å². The van der Waals surface area contributed by atoms with Gasteiger partial charge in [-0.1, -0.05) is 6.07 Å². The molecule has 0 saturated carbocycles. The number of pyridine rings is 1. The number of nitrogens with one attached hydrogen (secondary N) is 1. The van der Waals surface area contributed by atoms with Crippen molar-refractivity contribution in [2.45, 2.75) is 16.3 Å². The molecule has 0 unspecified atom stereocenters. The summed E-state index contributed by atoms with van der Waals surface area (Å²) in [6.07, 6.45) is 0. The van der Waals surface area contributed by atoms with Gasteiger partial charge in [-0.15, -0.1) is 11.3 Å². The molecule has 2 aromatic heterocycles. The van der Waals surface area contributed by atoms with E-state index < -0.39 is 0 Å². The van der Waals surface area contributed by atoms with Crippen LogP contribution in [0.15, 0.2) is 32.9 Å². The van der Waals surface area contributed by atoms with Gasteiger partial charge in [-0.2, -0.15) is 0 Å². The van der Waals surface area contributed by atoms with E-state index in [9.17, 15) is 0 Å². The molecule has 3 nitrogen and oxygen atoms in total. The molecule has 0 spiro atoms. The summed E-state index contributed by atoms with van der Waals surface area (Å²) in [5.74, 6) is 0.883. The van der Waals surface area contributed by atoms with Crippen LogP contribution in [0, 0.1) is 6.92 Å². The Balaban J connectivity index is 2.16. The Labute approximate surface area is 97.0 Å². The van der Waals surface area contributed by atoms with E-state index in [1.165, 1.54) is 0 Å². The van der Waals surface area contributed by atoms with Crippen molar-refractivity contribution in [1.82, 2.24) is 9.97 Å². The van der Waals surface area contributed by atoms with Crippen LogP contribution >= 0.6 is 23.1 Å². The summed E-state index contributed by atoms with van der Waals surface area (Å²) in [7, 11) is 1.87. The third-order valence-electron chi connectivity index (χ3n) is 1.77. The first-order valence-electron chi connectivity index (χ1n) is 4.53. The molecule has 2 rings (SSSR count). The molecule has 2 aromatic rings. The molecule has 15 heavy (non-hydrogen) atoms. The Morgan fingerprint density at radius 1 is 1.33 bits per heavy atom. The number of hydrogen-bond acceptors (Lipinski definition) is 5. The molecule has 0 atom stereocenters. The molecular formula is C10H11N3S2. The van der Waals surface area contributed by atoms with Crippen molar-refractivity contribution in [1.29, 1.82) is 0 Å². The highest BCUT2D eigenvalue weighted by Crippen LogP contribution is 2.29. The molecule has 0 aliphatic rings. The molecule has 0 saturated heterocycles. The zero-order chi connectivity index (χ0) is 10.7. The fourth-order valence-corrected chi connectivity index (χ4v) is 2.85. The van der Waals surface area contributed by atoms with Crippen LogP contribution in [0.2, 0.25) is 0 Å². The average molecular weight is 237 g/mol. The molecule has 2 heterocycles. The van der Waals surface area contributed by atoms with Crippen LogP contribution in [0.3, 0.4) is 0 Å². The monoisotopic (exact) mass is 237 g/mol. The van der Waals surface area contributed by atoms with Crippen molar-refractivity contribution in [3.63, 3.8) is 0 Å². The SMILES string of the molecule is CNc1cccc(Sc2nc(C)cs2)n1. The molecule has 0 aliphatic heterocycles. The Bertz CT molecular complexity index is 453. The summed E-state index contributed by atoms with van der Waals surface area (Å²) < 4.78 is 1.04. The normalized spacial score (nSPS) is 10.3. The molecule has 78 valence electrons. The summed E-state index contributed by atoms with van der Waals surface area (Å²) in [5, 5.41) is 6.03. The first-order chi connectivity index (χ1) is 7.28. The van der Waals surface area contributed by atoms with E-state index in [1.54, 1.807) is 23.1 Å². The smallest absolute Gasteiger partial charge is 0.156 e. The highest BCUT2D eigenvalue weighted by atomic mass is 32.2. The Kier molecular flexibility index (Phi) is 3.23. The average Bonchev–Trinajstić information content (AvgIpc) is 2.64. The van der Waals surface area contributed by atoms with Crippen LogP contribution < -0.4 is 5.32 Å². The van der Waals surface area contributed by atoms with Crippen LogP contribution in [-0.4, -0.2) is 17.0 Å². The second-order valence-corrected chi connectivity index (χ2v) is 5.09. The van der Waals surface area contributed by atoms with Gasteiger partial charge < -0.3 is 5.32 Å². The van der Waals surface area contributed by atoms with E-state index in [0.717, 1.165) is 20.9 Å². The molecule has 5 heteroatoms. The Morgan fingerprint density at radius 3 is 2.87 bits per heavy atom. The Morgan fingerprint density at radius 2 is 2.20 bits per heavy atom. The molecule has 0 aromatic carbocycles. The fraction of sp³-hybridized carbons (Fsp3) is 0.200. The van der Waals surface area contributed by atoms with E-state index in [1.807, 2.05) is 37.6 Å². The van der Waals surface area contributed by atoms with Gasteiger partial charge in [0.2, 0.25) is 0 Å². The van der Waals surface area contributed by atoms with Crippen molar-refractivity contribution in [2.24, 2.45) is 0 Å². The second-order valence-electron chi connectivity index (χ2n) is 2.97. The lowest BCUT2D eigenvalue weighted by atomic mass is 10.5. The zero-order valence-electron chi connectivity index (χ0n) is 8.52. The van der Waals surface area contributed by atoms with Gasteiger partial charge in [-0.25, -0.2) is 9.97 Å². The first kappa shape index (κ1) is 10.4. The first-order valence-corrected chi connectivity index (χ1v) is 6.22. The maximum absolute atomic E-state index is 4.41. The fourth-order valence-electron chi connectivity index (χ4n) is 1.08. The van der Waals surface area contributed by atoms with Crippen molar-refractivity contribution in [3.05, 3.63) is 29.3 Å². The van der Waals surface area contributed by atoms with Crippen LogP contribution in [0.5, 0.6) is 0 Å². The third kappa shape index (κ3) is 2.70. The third-order valence-corrected chi connectivity index (χ3v) is 3.76. The maximum Gasteiger partial charge on any atom is 0.156 e.